The van der Waals surface area contributed by atoms with E-state index in [9.17, 15) is 9.59 Å². The van der Waals surface area contributed by atoms with Crippen LogP contribution in [-0.4, -0.2) is 41.6 Å². The molecule has 0 spiro atoms. The molecule has 1 unspecified atom stereocenters. The number of carbonyl (C=O) groups excluding carboxylic acids is 1. The molecule has 0 heterocycles. The van der Waals surface area contributed by atoms with E-state index in [0.717, 1.165) is 5.56 Å². The summed E-state index contributed by atoms with van der Waals surface area (Å²) in [5.74, 6) is -0.0652. The van der Waals surface area contributed by atoms with E-state index in [1.165, 1.54) is 10.5 Å². The van der Waals surface area contributed by atoms with Gasteiger partial charge in [0.25, 0.3) is 5.91 Å². The van der Waals surface area contributed by atoms with Crippen LogP contribution in [0.2, 0.25) is 0 Å². The number of likely N-dealkylation sites (N-methyl/N-ethyl adjacent to an activating group) is 1. The van der Waals surface area contributed by atoms with Crippen LogP contribution >= 0.6 is 0 Å². The van der Waals surface area contributed by atoms with Crippen LogP contribution < -0.4 is 4.74 Å². The van der Waals surface area contributed by atoms with Gasteiger partial charge in [0.15, 0.2) is 6.10 Å². The minimum atomic E-state index is -0.923. The summed E-state index contributed by atoms with van der Waals surface area (Å²) in [7, 11) is 1.58. The van der Waals surface area contributed by atoms with E-state index in [4.69, 9.17) is 9.84 Å². The quantitative estimate of drug-likeness (QED) is 0.841. The molecule has 0 aromatic heterocycles. The summed E-state index contributed by atoms with van der Waals surface area (Å²) in [5, 5.41) is 8.65. The minimum absolute atomic E-state index is 0.0723. The van der Waals surface area contributed by atoms with Gasteiger partial charge in [0.2, 0.25) is 0 Å². The number of rotatable bonds is 7. The summed E-state index contributed by atoms with van der Waals surface area (Å²) < 4.78 is 5.68. The number of hydrogen-bond donors (Lipinski definition) is 1. The Morgan fingerprint density at radius 3 is 2.41 bits per heavy atom. The number of amides is 1. The van der Waals surface area contributed by atoms with Gasteiger partial charge < -0.3 is 14.7 Å². The van der Waals surface area contributed by atoms with Gasteiger partial charge in [0.1, 0.15) is 5.75 Å². The average Bonchev–Trinajstić information content (AvgIpc) is 2.43. The maximum Gasteiger partial charge on any atom is 0.305 e. The third-order valence-electron chi connectivity index (χ3n) is 3.56. The van der Waals surface area contributed by atoms with Crippen molar-refractivity contribution in [1.29, 1.82) is 0 Å². The Morgan fingerprint density at radius 1 is 1.27 bits per heavy atom. The number of nitrogens with zero attached hydrogens (tertiary/aromatic N) is 1. The van der Waals surface area contributed by atoms with E-state index in [1.807, 2.05) is 25.1 Å². The number of hydrogen-bond acceptors (Lipinski definition) is 3. The molecule has 1 atom stereocenters. The third-order valence-corrected chi connectivity index (χ3v) is 3.56. The molecule has 5 heteroatoms. The predicted octanol–water partition coefficient (Wildman–Crippen LogP) is 2.82. The fourth-order valence-electron chi connectivity index (χ4n) is 2.31. The van der Waals surface area contributed by atoms with E-state index in [1.54, 1.807) is 14.0 Å². The molecule has 0 aliphatic carbocycles. The molecule has 0 radical (unpaired) electrons. The number of carboxylic acid groups (broad SMARTS) is 1. The summed E-state index contributed by atoms with van der Waals surface area (Å²) >= 11 is 0. The van der Waals surface area contributed by atoms with Gasteiger partial charge in [0, 0.05) is 13.6 Å². The monoisotopic (exact) mass is 307 g/mol. The van der Waals surface area contributed by atoms with Crippen LogP contribution in [-0.2, 0) is 9.59 Å². The van der Waals surface area contributed by atoms with E-state index < -0.39 is 12.1 Å². The van der Waals surface area contributed by atoms with Crippen molar-refractivity contribution < 1.29 is 19.4 Å². The molecular formula is C17H25NO4. The Labute approximate surface area is 131 Å². The smallest absolute Gasteiger partial charge is 0.305 e. The van der Waals surface area contributed by atoms with Crippen molar-refractivity contribution in [3.8, 4) is 5.75 Å². The first-order chi connectivity index (χ1) is 10.2. The molecule has 0 aliphatic rings. The lowest BCUT2D eigenvalue weighted by molar-refractivity contribution is -0.140. The highest BCUT2D eigenvalue weighted by Gasteiger charge is 2.20. The Balaban J connectivity index is 2.67. The molecule has 5 nitrogen and oxygen atoms in total. The van der Waals surface area contributed by atoms with Crippen molar-refractivity contribution in [3.63, 3.8) is 0 Å². The first kappa shape index (κ1) is 18.0. The normalized spacial score (nSPS) is 12.1. The number of aliphatic carboxylic acids is 1. The second-order valence-electron chi connectivity index (χ2n) is 5.84. The Morgan fingerprint density at radius 2 is 1.91 bits per heavy atom. The summed E-state index contributed by atoms with van der Waals surface area (Å²) in [5.41, 5.74) is 2.39. The van der Waals surface area contributed by atoms with E-state index in [0.29, 0.717) is 11.7 Å². The molecule has 1 N–H and O–H groups in total. The lowest BCUT2D eigenvalue weighted by Gasteiger charge is -2.22. The van der Waals surface area contributed by atoms with E-state index >= 15 is 0 Å². The van der Waals surface area contributed by atoms with Gasteiger partial charge in [-0.3, -0.25) is 9.59 Å². The molecule has 122 valence electrons. The highest BCUT2D eigenvalue weighted by atomic mass is 16.5. The fraction of sp³-hybridized carbons (Fsp3) is 0.529. The van der Waals surface area contributed by atoms with Crippen LogP contribution in [0.15, 0.2) is 18.2 Å². The Hall–Kier alpha value is -2.04. The molecule has 0 bridgehead atoms. The van der Waals surface area contributed by atoms with Crippen molar-refractivity contribution in [2.45, 2.75) is 46.1 Å². The zero-order valence-electron chi connectivity index (χ0n) is 13.9. The SMILES string of the molecule is Cc1cc(OC(C)C(=O)N(C)CCC(=O)O)ccc1C(C)C. The number of carbonyl (C=O) groups is 2. The third kappa shape index (κ3) is 5.06. The summed E-state index contributed by atoms with van der Waals surface area (Å²) in [6.45, 7) is 8.13. The number of carboxylic acids is 1. The average molecular weight is 307 g/mol. The van der Waals surface area contributed by atoms with Crippen molar-refractivity contribution in [1.82, 2.24) is 4.90 Å². The summed E-state index contributed by atoms with van der Waals surface area (Å²) in [4.78, 5) is 24.1. The molecule has 22 heavy (non-hydrogen) atoms. The van der Waals surface area contributed by atoms with Crippen molar-refractivity contribution in [3.05, 3.63) is 29.3 Å². The van der Waals surface area contributed by atoms with Crippen LogP contribution in [0.25, 0.3) is 0 Å². The maximum atomic E-state index is 12.1. The van der Waals surface area contributed by atoms with Crippen LogP contribution in [0.5, 0.6) is 5.75 Å². The molecule has 0 saturated heterocycles. The number of benzene rings is 1. The highest BCUT2D eigenvalue weighted by molar-refractivity contribution is 5.81. The molecule has 0 fully saturated rings. The first-order valence-corrected chi connectivity index (χ1v) is 7.46. The second kappa shape index (κ2) is 7.82. The van der Waals surface area contributed by atoms with Crippen LogP contribution in [0.4, 0.5) is 0 Å². The Bertz CT molecular complexity index is 539. The van der Waals surface area contributed by atoms with Crippen LogP contribution in [0.3, 0.4) is 0 Å². The lowest BCUT2D eigenvalue weighted by Crippen LogP contribution is -2.39. The number of aryl methyl sites for hydroxylation is 1. The molecule has 1 amide bonds. The van der Waals surface area contributed by atoms with Gasteiger partial charge in [-0.2, -0.15) is 0 Å². The van der Waals surface area contributed by atoms with E-state index in [-0.39, 0.29) is 18.9 Å². The minimum Gasteiger partial charge on any atom is -0.481 e. The van der Waals surface area contributed by atoms with Crippen LogP contribution in [0, 0.1) is 6.92 Å². The number of ether oxygens (including phenoxy) is 1. The standard InChI is InChI=1S/C17H25NO4/c1-11(2)15-7-6-14(10-12(15)3)22-13(4)17(21)18(5)9-8-16(19)20/h6-7,10-11,13H,8-9H2,1-5H3,(H,19,20). The zero-order valence-corrected chi connectivity index (χ0v) is 13.9. The lowest BCUT2D eigenvalue weighted by atomic mass is 9.98. The highest BCUT2D eigenvalue weighted by Crippen LogP contribution is 2.24. The summed E-state index contributed by atoms with van der Waals surface area (Å²) in [6.07, 6.45) is -0.722. The van der Waals surface area contributed by atoms with Crippen molar-refractivity contribution >= 4 is 11.9 Å². The largest absolute Gasteiger partial charge is 0.481 e. The molecule has 1 rings (SSSR count). The predicted molar refractivity (Wildman–Crippen MR) is 85.2 cm³/mol. The van der Waals surface area contributed by atoms with Crippen molar-refractivity contribution in [2.24, 2.45) is 0 Å². The van der Waals surface area contributed by atoms with Gasteiger partial charge in [-0.25, -0.2) is 0 Å². The zero-order chi connectivity index (χ0) is 16.9. The van der Waals surface area contributed by atoms with Gasteiger partial charge in [0.05, 0.1) is 6.42 Å². The molecular weight excluding hydrogens is 282 g/mol. The topological polar surface area (TPSA) is 66.8 Å². The molecule has 0 aliphatic heterocycles. The fourth-order valence-corrected chi connectivity index (χ4v) is 2.31. The van der Waals surface area contributed by atoms with E-state index in [2.05, 4.69) is 13.8 Å². The van der Waals surface area contributed by atoms with Gasteiger partial charge >= 0.3 is 5.97 Å². The van der Waals surface area contributed by atoms with Gasteiger partial charge in [-0.15, -0.1) is 0 Å². The molecule has 1 aromatic rings. The van der Waals surface area contributed by atoms with Crippen molar-refractivity contribution in [2.75, 3.05) is 13.6 Å². The first-order valence-electron chi connectivity index (χ1n) is 7.46. The molecule has 1 aromatic carbocycles. The summed E-state index contributed by atoms with van der Waals surface area (Å²) in [6, 6.07) is 5.81. The van der Waals surface area contributed by atoms with Gasteiger partial charge in [-0.05, 0) is 43.0 Å². The van der Waals surface area contributed by atoms with Crippen LogP contribution in [0.1, 0.15) is 44.2 Å². The second-order valence-corrected chi connectivity index (χ2v) is 5.84. The molecule has 0 saturated carbocycles. The Kier molecular flexibility index (Phi) is 6.40. The maximum absolute atomic E-state index is 12.1. The van der Waals surface area contributed by atoms with Gasteiger partial charge in [-0.1, -0.05) is 19.9 Å².